The number of carbonyl (C=O) groups excluding carboxylic acids is 1. The Bertz CT molecular complexity index is 401. The molecule has 0 bridgehead atoms. The lowest BCUT2D eigenvalue weighted by atomic mass is 10.3. The highest BCUT2D eigenvalue weighted by Crippen LogP contribution is 2.15. The maximum absolute atomic E-state index is 10.8. The molecule has 75 valence electrons. The van der Waals surface area contributed by atoms with Gasteiger partial charge in [-0.25, -0.2) is 4.31 Å². The molecule has 1 radical (unpaired) electrons. The molecule has 0 aliphatic heterocycles. The number of nitrogens with zero attached hydrogens (tertiary/aromatic N) is 1. The molecule has 1 aromatic rings. The van der Waals surface area contributed by atoms with Crippen molar-refractivity contribution >= 4 is 22.3 Å². The molecule has 0 aliphatic rings. The first-order valence-corrected chi connectivity index (χ1v) is 5.10. The van der Waals surface area contributed by atoms with Gasteiger partial charge in [0.2, 0.25) is 6.29 Å². The highest BCUT2D eigenvalue weighted by molar-refractivity contribution is 7.87. The summed E-state index contributed by atoms with van der Waals surface area (Å²) in [6.45, 7) is -0.525. The van der Waals surface area contributed by atoms with Crippen LogP contribution in [-0.4, -0.2) is 25.8 Å². The molecule has 0 atom stereocenters. The van der Waals surface area contributed by atoms with Crippen LogP contribution in [0.3, 0.4) is 0 Å². The van der Waals surface area contributed by atoms with E-state index in [0.717, 1.165) is 0 Å². The number of hydrogen-bond donors (Lipinski definition) is 1. The zero-order valence-electron chi connectivity index (χ0n) is 7.12. The quantitative estimate of drug-likeness (QED) is 0.736. The molecule has 1 rings (SSSR count). The van der Waals surface area contributed by atoms with Crippen LogP contribution < -0.4 is 4.31 Å². The monoisotopic (exact) mass is 214 g/mol. The van der Waals surface area contributed by atoms with Crippen molar-refractivity contribution in [1.82, 2.24) is 0 Å². The van der Waals surface area contributed by atoms with Gasteiger partial charge in [-0.15, -0.1) is 0 Å². The van der Waals surface area contributed by atoms with Gasteiger partial charge in [0.15, 0.2) is 0 Å². The molecule has 14 heavy (non-hydrogen) atoms. The van der Waals surface area contributed by atoms with Gasteiger partial charge >= 0.3 is 10.3 Å². The van der Waals surface area contributed by atoms with Crippen molar-refractivity contribution in [1.29, 1.82) is 0 Å². The molecule has 1 N–H and O–H groups in total. The highest BCUT2D eigenvalue weighted by Gasteiger charge is 2.18. The molecule has 1 aromatic carbocycles. The third kappa shape index (κ3) is 2.54. The van der Waals surface area contributed by atoms with Gasteiger partial charge in [-0.2, -0.15) is 8.42 Å². The molecule has 0 aromatic heterocycles. The Morgan fingerprint density at radius 1 is 1.29 bits per heavy atom. The topological polar surface area (TPSA) is 74.7 Å². The summed E-state index contributed by atoms with van der Waals surface area (Å²) in [7, 11) is -4.41. The summed E-state index contributed by atoms with van der Waals surface area (Å²) in [5, 5.41) is 0. The lowest BCUT2D eigenvalue weighted by molar-refractivity contribution is 0.478. The summed E-state index contributed by atoms with van der Waals surface area (Å²) in [6.07, 6.45) is 1.41. The first kappa shape index (κ1) is 10.7. The van der Waals surface area contributed by atoms with Gasteiger partial charge in [-0.1, -0.05) is 18.2 Å². The zero-order chi connectivity index (χ0) is 10.6. The van der Waals surface area contributed by atoms with Gasteiger partial charge in [-0.05, 0) is 12.1 Å². The van der Waals surface area contributed by atoms with E-state index in [9.17, 15) is 13.2 Å². The van der Waals surface area contributed by atoms with Crippen LogP contribution in [0, 0.1) is 0 Å². The SMILES string of the molecule is O=[C]CN(c1ccccc1)S(=O)(=O)O. The molecular weight excluding hydrogens is 206 g/mol. The van der Waals surface area contributed by atoms with E-state index in [0.29, 0.717) is 4.31 Å². The minimum atomic E-state index is -4.41. The number of anilines is 1. The van der Waals surface area contributed by atoms with Crippen molar-refractivity contribution in [2.24, 2.45) is 0 Å². The smallest absolute Gasteiger partial charge is 0.289 e. The molecular formula is C8H8NO4S. The van der Waals surface area contributed by atoms with Crippen LogP contribution in [0.5, 0.6) is 0 Å². The van der Waals surface area contributed by atoms with E-state index in [1.165, 1.54) is 18.4 Å². The van der Waals surface area contributed by atoms with Gasteiger partial charge < -0.3 is 0 Å². The third-order valence-electron chi connectivity index (χ3n) is 1.53. The summed E-state index contributed by atoms with van der Waals surface area (Å²) < 4.78 is 31.0. The summed E-state index contributed by atoms with van der Waals surface area (Å²) in [5.74, 6) is 0. The lowest BCUT2D eigenvalue weighted by Gasteiger charge is -2.16. The van der Waals surface area contributed by atoms with Crippen molar-refractivity contribution in [3.8, 4) is 0 Å². The van der Waals surface area contributed by atoms with Crippen molar-refractivity contribution in [3.05, 3.63) is 30.3 Å². The van der Waals surface area contributed by atoms with E-state index in [-0.39, 0.29) is 5.69 Å². The Morgan fingerprint density at radius 2 is 1.86 bits per heavy atom. The van der Waals surface area contributed by atoms with E-state index in [1.807, 2.05) is 0 Å². The fourth-order valence-electron chi connectivity index (χ4n) is 0.959. The molecule has 0 saturated heterocycles. The van der Waals surface area contributed by atoms with E-state index < -0.39 is 16.8 Å². The molecule has 0 amide bonds. The highest BCUT2D eigenvalue weighted by atomic mass is 32.2. The average molecular weight is 214 g/mol. The summed E-state index contributed by atoms with van der Waals surface area (Å²) in [5.41, 5.74) is 0.221. The van der Waals surface area contributed by atoms with E-state index >= 15 is 0 Å². The maximum Gasteiger partial charge on any atom is 0.360 e. The average Bonchev–Trinajstić information content (AvgIpc) is 2.14. The largest absolute Gasteiger partial charge is 0.360 e. The van der Waals surface area contributed by atoms with Crippen LogP contribution in [0.25, 0.3) is 0 Å². The van der Waals surface area contributed by atoms with Gasteiger partial charge in [-0.3, -0.25) is 9.35 Å². The fourth-order valence-corrected chi connectivity index (χ4v) is 1.56. The molecule has 0 aliphatic carbocycles. The van der Waals surface area contributed by atoms with Crippen molar-refractivity contribution in [2.75, 3.05) is 10.8 Å². The maximum atomic E-state index is 10.8. The normalized spacial score (nSPS) is 10.9. The van der Waals surface area contributed by atoms with Crippen molar-refractivity contribution in [2.45, 2.75) is 0 Å². The van der Waals surface area contributed by atoms with Gasteiger partial charge in [0.1, 0.15) is 6.54 Å². The second-order valence-electron chi connectivity index (χ2n) is 2.46. The molecule has 5 nitrogen and oxygen atoms in total. The van der Waals surface area contributed by atoms with Crippen LogP contribution in [-0.2, 0) is 15.1 Å². The lowest BCUT2D eigenvalue weighted by Crippen LogP contribution is -2.31. The molecule has 0 saturated carbocycles. The molecule has 0 heterocycles. The molecule has 0 unspecified atom stereocenters. The van der Waals surface area contributed by atoms with Crippen LogP contribution in [0.4, 0.5) is 5.69 Å². The van der Waals surface area contributed by atoms with Crippen molar-refractivity contribution in [3.63, 3.8) is 0 Å². The number of hydrogen-bond acceptors (Lipinski definition) is 3. The van der Waals surface area contributed by atoms with Gasteiger partial charge in [0, 0.05) is 0 Å². The first-order valence-electron chi connectivity index (χ1n) is 3.71. The summed E-state index contributed by atoms with van der Waals surface area (Å²) in [4.78, 5) is 10.1. The van der Waals surface area contributed by atoms with E-state index in [2.05, 4.69) is 0 Å². The van der Waals surface area contributed by atoms with Crippen LogP contribution in [0.2, 0.25) is 0 Å². The standard InChI is InChI=1S/C8H8NO4S/c10-7-6-9(14(11,12)13)8-4-2-1-3-5-8/h1-5H,6H2,(H,11,12,13). The number of rotatable bonds is 4. The third-order valence-corrected chi connectivity index (χ3v) is 2.43. The van der Waals surface area contributed by atoms with Gasteiger partial charge in [0.25, 0.3) is 0 Å². The second-order valence-corrected chi connectivity index (χ2v) is 3.80. The second kappa shape index (κ2) is 4.21. The van der Waals surface area contributed by atoms with Crippen LogP contribution in [0.15, 0.2) is 30.3 Å². The summed E-state index contributed by atoms with van der Waals surface area (Å²) in [6, 6.07) is 7.81. The number of para-hydroxylation sites is 1. The Morgan fingerprint density at radius 3 is 2.29 bits per heavy atom. The van der Waals surface area contributed by atoms with E-state index in [4.69, 9.17) is 4.55 Å². The Labute approximate surface area is 81.8 Å². The first-order chi connectivity index (χ1) is 6.55. The zero-order valence-corrected chi connectivity index (χ0v) is 7.94. The fraction of sp³-hybridized carbons (Fsp3) is 0.125. The number of benzene rings is 1. The Balaban J connectivity index is 3.07. The molecule has 0 fully saturated rings. The Kier molecular flexibility index (Phi) is 3.21. The Hall–Kier alpha value is -1.40. The molecule has 6 heteroatoms. The van der Waals surface area contributed by atoms with Crippen molar-refractivity contribution < 1.29 is 17.8 Å². The predicted octanol–water partition coefficient (Wildman–Crippen LogP) is 0.406. The predicted molar refractivity (Wildman–Crippen MR) is 51.0 cm³/mol. The van der Waals surface area contributed by atoms with E-state index in [1.54, 1.807) is 18.2 Å². The van der Waals surface area contributed by atoms with Gasteiger partial charge in [0.05, 0.1) is 5.69 Å². The minimum Gasteiger partial charge on any atom is -0.289 e. The summed E-state index contributed by atoms with van der Waals surface area (Å²) >= 11 is 0. The van der Waals surface area contributed by atoms with Crippen LogP contribution >= 0.6 is 0 Å². The minimum absolute atomic E-state index is 0.221. The molecule has 0 spiro atoms. The van der Waals surface area contributed by atoms with Crippen LogP contribution in [0.1, 0.15) is 0 Å².